The quantitative estimate of drug-likeness (QED) is 0.641. The number of aryl methyl sites for hydroxylation is 1. The third-order valence-electron chi connectivity index (χ3n) is 4.38. The number of aliphatic carboxylic acids is 1. The minimum atomic E-state index is -0.848. The minimum Gasteiger partial charge on any atom is -0.491 e. The van der Waals surface area contributed by atoms with Crippen molar-refractivity contribution in [2.75, 3.05) is 23.8 Å². The van der Waals surface area contributed by atoms with Crippen LogP contribution in [0.2, 0.25) is 0 Å². The molecule has 0 aliphatic carbocycles. The summed E-state index contributed by atoms with van der Waals surface area (Å²) in [5.41, 5.74) is 2.11. The SMILES string of the molecule is O=C(O)CCc1cccc(NC(=O)Nc2ccc(OCC3CCCO3)cc2)c1. The summed E-state index contributed by atoms with van der Waals surface area (Å²) >= 11 is 0. The lowest BCUT2D eigenvalue weighted by Gasteiger charge is -2.12. The molecular formula is C21H24N2O5. The van der Waals surface area contributed by atoms with Gasteiger partial charge in [0, 0.05) is 24.4 Å². The molecule has 148 valence electrons. The van der Waals surface area contributed by atoms with E-state index >= 15 is 0 Å². The van der Waals surface area contributed by atoms with Gasteiger partial charge in [-0.2, -0.15) is 0 Å². The van der Waals surface area contributed by atoms with Crippen molar-refractivity contribution in [3.05, 3.63) is 54.1 Å². The summed E-state index contributed by atoms with van der Waals surface area (Å²) in [6, 6.07) is 13.9. The van der Waals surface area contributed by atoms with Crippen LogP contribution in [0.1, 0.15) is 24.8 Å². The molecule has 1 heterocycles. The summed E-state index contributed by atoms with van der Waals surface area (Å²) in [5, 5.41) is 14.3. The van der Waals surface area contributed by atoms with Crippen LogP contribution in [0.3, 0.4) is 0 Å². The highest BCUT2D eigenvalue weighted by atomic mass is 16.5. The fraction of sp³-hybridized carbons (Fsp3) is 0.333. The van der Waals surface area contributed by atoms with E-state index in [1.807, 2.05) is 6.07 Å². The molecule has 1 atom stereocenters. The highest BCUT2D eigenvalue weighted by molar-refractivity contribution is 5.99. The molecule has 7 nitrogen and oxygen atoms in total. The molecule has 1 unspecified atom stereocenters. The first-order valence-corrected chi connectivity index (χ1v) is 9.32. The Labute approximate surface area is 163 Å². The van der Waals surface area contributed by atoms with Crippen molar-refractivity contribution in [2.45, 2.75) is 31.8 Å². The normalized spacial score (nSPS) is 15.8. The average Bonchev–Trinajstić information content (AvgIpc) is 3.20. The topological polar surface area (TPSA) is 96.9 Å². The van der Waals surface area contributed by atoms with E-state index in [1.165, 1.54) is 0 Å². The zero-order chi connectivity index (χ0) is 19.8. The number of carbonyl (C=O) groups excluding carboxylic acids is 1. The van der Waals surface area contributed by atoms with Gasteiger partial charge in [-0.3, -0.25) is 4.79 Å². The number of urea groups is 1. The largest absolute Gasteiger partial charge is 0.491 e. The van der Waals surface area contributed by atoms with Crippen molar-refractivity contribution in [1.29, 1.82) is 0 Å². The van der Waals surface area contributed by atoms with Gasteiger partial charge in [0.15, 0.2) is 0 Å². The molecule has 3 rings (SSSR count). The summed E-state index contributed by atoms with van der Waals surface area (Å²) in [7, 11) is 0. The van der Waals surface area contributed by atoms with Crippen LogP contribution in [0.15, 0.2) is 48.5 Å². The Morgan fingerprint density at radius 1 is 1.11 bits per heavy atom. The number of benzene rings is 2. The van der Waals surface area contributed by atoms with Gasteiger partial charge in [-0.05, 0) is 61.2 Å². The first kappa shape index (κ1) is 19.7. The Morgan fingerprint density at radius 3 is 2.61 bits per heavy atom. The lowest BCUT2D eigenvalue weighted by Crippen LogP contribution is -2.19. The second-order valence-electron chi connectivity index (χ2n) is 6.64. The Balaban J connectivity index is 1.47. The molecule has 0 spiro atoms. The van der Waals surface area contributed by atoms with E-state index < -0.39 is 5.97 Å². The number of ether oxygens (including phenoxy) is 2. The number of hydrogen-bond donors (Lipinski definition) is 3. The lowest BCUT2D eigenvalue weighted by atomic mass is 10.1. The molecule has 1 aliphatic heterocycles. The number of carbonyl (C=O) groups is 2. The maximum Gasteiger partial charge on any atom is 0.323 e. The summed E-state index contributed by atoms with van der Waals surface area (Å²) in [6.07, 6.45) is 2.73. The van der Waals surface area contributed by atoms with Crippen molar-refractivity contribution in [3.63, 3.8) is 0 Å². The van der Waals surface area contributed by atoms with E-state index in [9.17, 15) is 9.59 Å². The molecule has 0 radical (unpaired) electrons. The Bertz CT molecular complexity index is 801. The number of rotatable bonds is 8. The van der Waals surface area contributed by atoms with Crippen molar-refractivity contribution >= 4 is 23.4 Å². The number of anilines is 2. The number of hydrogen-bond acceptors (Lipinski definition) is 4. The van der Waals surface area contributed by atoms with Gasteiger partial charge < -0.3 is 25.2 Å². The lowest BCUT2D eigenvalue weighted by molar-refractivity contribution is -0.136. The van der Waals surface area contributed by atoms with Crippen molar-refractivity contribution < 1.29 is 24.2 Å². The van der Waals surface area contributed by atoms with Gasteiger partial charge in [0.1, 0.15) is 12.4 Å². The number of amides is 2. The molecule has 3 N–H and O–H groups in total. The van der Waals surface area contributed by atoms with Crippen LogP contribution in [0.4, 0.5) is 16.2 Å². The third-order valence-corrected chi connectivity index (χ3v) is 4.38. The van der Waals surface area contributed by atoms with Crippen LogP contribution in [-0.2, 0) is 16.0 Å². The van der Waals surface area contributed by atoms with Crippen LogP contribution in [-0.4, -0.2) is 36.4 Å². The van der Waals surface area contributed by atoms with Gasteiger partial charge in [-0.15, -0.1) is 0 Å². The van der Waals surface area contributed by atoms with Crippen molar-refractivity contribution in [1.82, 2.24) is 0 Å². The number of carboxylic acids is 1. The molecule has 1 saturated heterocycles. The fourth-order valence-corrected chi connectivity index (χ4v) is 2.95. The van der Waals surface area contributed by atoms with Gasteiger partial charge >= 0.3 is 12.0 Å². The molecule has 1 aliphatic rings. The van der Waals surface area contributed by atoms with Gasteiger partial charge in [-0.1, -0.05) is 12.1 Å². The Morgan fingerprint density at radius 2 is 1.89 bits per heavy atom. The molecule has 2 aromatic carbocycles. The van der Waals surface area contributed by atoms with E-state index in [4.69, 9.17) is 14.6 Å². The first-order valence-electron chi connectivity index (χ1n) is 9.32. The Hall–Kier alpha value is -3.06. The predicted molar refractivity (Wildman–Crippen MR) is 106 cm³/mol. The average molecular weight is 384 g/mol. The van der Waals surface area contributed by atoms with Crippen LogP contribution in [0.25, 0.3) is 0 Å². The fourth-order valence-electron chi connectivity index (χ4n) is 2.95. The van der Waals surface area contributed by atoms with E-state index in [2.05, 4.69) is 10.6 Å². The molecular weight excluding hydrogens is 360 g/mol. The van der Waals surface area contributed by atoms with E-state index in [1.54, 1.807) is 42.5 Å². The maximum absolute atomic E-state index is 12.2. The molecule has 2 aromatic rings. The second-order valence-corrected chi connectivity index (χ2v) is 6.64. The maximum atomic E-state index is 12.2. The van der Waals surface area contributed by atoms with Gasteiger partial charge in [0.2, 0.25) is 0 Å². The molecule has 28 heavy (non-hydrogen) atoms. The Kier molecular flexibility index (Phi) is 6.86. The molecule has 2 amide bonds. The molecule has 0 aromatic heterocycles. The van der Waals surface area contributed by atoms with E-state index in [-0.39, 0.29) is 18.6 Å². The van der Waals surface area contributed by atoms with Crippen LogP contribution in [0.5, 0.6) is 5.75 Å². The molecule has 1 fully saturated rings. The van der Waals surface area contributed by atoms with Gasteiger partial charge in [0.25, 0.3) is 0 Å². The summed E-state index contributed by atoms with van der Waals surface area (Å²) in [6.45, 7) is 1.33. The standard InChI is InChI=1S/C21H24N2O5/c24-20(25)11-6-15-3-1-4-17(13-15)23-21(26)22-16-7-9-18(10-8-16)28-14-19-5-2-12-27-19/h1,3-4,7-10,13,19H,2,5-6,11-12,14H2,(H,24,25)(H2,22,23,26). The molecule has 0 saturated carbocycles. The minimum absolute atomic E-state index is 0.0525. The smallest absolute Gasteiger partial charge is 0.323 e. The van der Waals surface area contributed by atoms with Gasteiger partial charge in [0.05, 0.1) is 6.10 Å². The molecule has 7 heteroatoms. The van der Waals surface area contributed by atoms with Crippen LogP contribution < -0.4 is 15.4 Å². The zero-order valence-corrected chi connectivity index (χ0v) is 15.5. The van der Waals surface area contributed by atoms with Crippen LogP contribution >= 0.6 is 0 Å². The van der Waals surface area contributed by atoms with Crippen molar-refractivity contribution in [2.24, 2.45) is 0 Å². The summed E-state index contributed by atoms with van der Waals surface area (Å²) < 4.78 is 11.2. The second kappa shape index (κ2) is 9.75. The number of nitrogens with one attached hydrogen (secondary N) is 2. The summed E-state index contributed by atoms with van der Waals surface area (Å²) in [5.74, 6) is -0.119. The van der Waals surface area contributed by atoms with E-state index in [0.717, 1.165) is 30.8 Å². The summed E-state index contributed by atoms with van der Waals surface area (Å²) in [4.78, 5) is 22.9. The van der Waals surface area contributed by atoms with Crippen LogP contribution in [0, 0.1) is 0 Å². The van der Waals surface area contributed by atoms with E-state index in [0.29, 0.717) is 24.4 Å². The van der Waals surface area contributed by atoms with Crippen molar-refractivity contribution in [3.8, 4) is 5.75 Å². The monoisotopic (exact) mass is 384 g/mol. The molecule has 0 bridgehead atoms. The van der Waals surface area contributed by atoms with Gasteiger partial charge in [-0.25, -0.2) is 4.79 Å². The highest BCUT2D eigenvalue weighted by Gasteiger charge is 2.15. The zero-order valence-electron chi connectivity index (χ0n) is 15.5. The third kappa shape index (κ3) is 6.28. The highest BCUT2D eigenvalue weighted by Crippen LogP contribution is 2.19. The predicted octanol–water partition coefficient (Wildman–Crippen LogP) is 3.91. The first-order chi connectivity index (χ1) is 13.6. The number of carboxylic acid groups (broad SMARTS) is 1.